The Morgan fingerprint density at radius 2 is 1.60 bits per heavy atom. The monoisotopic (exact) mass is 404 g/mol. The summed E-state index contributed by atoms with van der Waals surface area (Å²) in [4.78, 5) is 20.2. The molecule has 0 fully saturated rings. The van der Waals surface area contributed by atoms with Crippen LogP contribution in [0.15, 0.2) is 59.4 Å². The van der Waals surface area contributed by atoms with Crippen molar-refractivity contribution >= 4 is 10.9 Å². The second kappa shape index (κ2) is 7.79. The number of nitrogens with one attached hydrogen (secondary N) is 1. The topological polar surface area (TPSA) is 93.7 Å². The van der Waals surface area contributed by atoms with Gasteiger partial charge in [0.25, 0.3) is 5.56 Å². The van der Waals surface area contributed by atoms with Gasteiger partial charge in [-0.2, -0.15) is 0 Å². The number of aromatic amines is 1. The fourth-order valence-corrected chi connectivity index (χ4v) is 3.39. The Balaban J connectivity index is 1.84. The van der Waals surface area contributed by atoms with Gasteiger partial charge in [-0.25, -0.2) is 4.98 Å². The molecule has 2 aromatic heterocycles. The van der Waals surface area contributed by atoms with Gasteiger partial charge in [-0.1, -0.05) is 24.3 Å². The summed E-state index contributed by atoms with van der Waals surface area (Å²) in [5.41, 5.74) is 1.78. The molecule has 0 bridgehead atoms. The molecule has 7 heteroatoms. The zero-order valence-electron chi connectivity index (χ0n) is 16.7. The summed E-state index contributed by atoms with van der Waals surface area (Å²) in [6, 6.07) is 16.0. The highest BCUT2D eigenvalue weighted by Gasteiger charge is 2.18. The van der Waals surface area contributed by atoms with Crippen molar-refractivity contribution in [1.29, 1.82) is 0 Å². The van der Waals surface area contributed by atoms with Crippen molar-refractivity contribution in [3.8, 4) is 45.5 Å². The molecule has 0 amide bonds. The fourth-order valence-electron chi connectivity index (χ4n) is 3.39. The fraction of sp³-hybridized carbons (Fsp3) is 0.130. The maximum Gasteiger partial charge on any atom is 0.261 e. The highest BCUT2D eigenvalue weighted by Crippen LogP contribution is 2.41. The van der Waals surface area contributed by atoms with Gasteiger partial charge in [0, 0.05) is 17.0 Å². The molecule has 0 atom stereocenters. The van der Waals surface area contributed by atoms with Crippen LogP contribution in [-0.4, -0.2) is 36.4 Å². The molecule has 7 nitrogen and oxygen atoms in total. The van der Waals surface area contributed by atoms with Crippen molar-refractivity contribution in [3.05, 3.63) is 65.0 Å². The van der Waals surface area contributed by atoms with Crippen LogP contribution in [-0.2, 0) is 0 Å². The van der Waals surface area contributed by atoms with E-state index in [1.54, 1.807) is 18.2 Å². The molecular formula is C23H20N2O5. The number of aromatic hydroxyl groups is 1. The van der Waals surface area contributed by atoms with Gasteiger partial charge in [0.2, 0.25) is 5.75 Å². The zero-order chi connectivity index (χ0) is 21.3. The van der Waals surface area contributed by atoms with Gasteiger partial charge >= 0.3 is 0 Å². The number of aromatic nitrogens is 2. The molecule has 0 aliphatic heterocycles. The maximum absolute atomic E-state index is 12.9. The van der Waals surface area contributed by atoms with E-state index in [9.17, 15) is 9.90 Å². The Bertz CT molecular complexity index is 1270. The summed E-state index contributed by atoms with van der Waals surface area (Å²) in [5.74, 6) is 1.14. The van der Waals surface area contributed by atoms with Gasteiger partial charge in [0.1, 0.15) is 11.3 Å². The Morgan fingerprint density at radius 3 is 2.23 bits per heavy atom. The smallest absolute Gasteiger partial charge is 0.261 e. The summed E-state index contributed by atoms with van der Waals surface area (Å²) in [6.45, 7) is 0. The van der Waals surface area contributed by atoms with E-state index < -0.39 is 5.56 Å². The molecule has 4 rings (SSSR count). The summed E-state index contributed by atoms with van der Waals surface area (Å²) in [5, 5.41) is 11.6. The van der Waals surface area contributed by atoms with Crippen LogP contribution in [0.4, 0.5) is 0 Å². The number of nitrogens with zero attached hydrogens (tertiary/aromatic N) is 1. The Hall–Kier alpha value is -4.00. The maximum atomic E-state index is 12.9. The number of fused-ring (bicyclic) bond motifs is 1. The first-order valence-corrected chi connectivity index (χ1v) is 9.18. The predicted octanol–water partition coefficient (Wildman–Crippen LogP) is 3.99. The second-order valence-corrected chi connectivity index (χ2v) is 6.58. The van der Waals surface area contributed by atoms with Crippen molar-refractivity contribution in [1.82, 2.24) is 9.97 Å². The van der Waals surface area contributed by atoms with E-state index in [2.05, 4.69) is 9.97 Å². The zero-order valence-corrected chi connectivity index (χ0v) is 16.7. The van der Waals surface area contributed by atoms with Crippen molar-refractivity contribution in [2.45, 2.75) is 0 Å². The van der Waals surface area contributed by atoms with E-state index in [1.165, 1.54) is 27.4 Å². The standard InChI is InChI=1S/C23H20N2O5/c1-28-19-10-14(11-20(29-2)22(19)30-3)17-12-18(26)21(23(27)25-17)16-9-8-13-6-4-5-7-15(13)24-16/h4-12H,1-3H3,(H2,25,26,27). The minimum absolute atomic E-state index is 0.108. The number of methoxy groups -OCH3 is 3. The van der Waals surface area contributed by atoms with Crippen LogP contribution in [0.3, 0.4) is 0 Å². The van der Waals surface area contributed by atoms with Crippen LogP contribution in [0.5, 0.6) is 23.0 Å². The van der Waals surface area contributed by atoms with Gasteiger partial charge in [0.05, 0.1) is 38.2 Å². The Morgan fingerprint density at radius 1 is 0.900 bits per heavy atom. The molecule has 0 radical (unpaired) electrons. The lowest BCUT2D eigenvalue weighted by molar-refractivity contribution is 0.324. The van der Waals surface area contributed by atoms with Crippen molar-refractivity contribution < 1.29 is 19.3 Å². The Labute approximate surface area is 172 Å². The van der Waals surface area contributed by atoms with E-state index in [0.29, 0.717) is 34.2 Å². The predicted molar refractivity (Wildman–Crippen MR) is 115 cm³/mol. The van der Waals surface area contributed by atoms with Crippen LogP contribution >= 0.6 is 0 Å². The lowest BCUT2D eigenvalue weighted by Crippen LogP contribution is -2.11. The quantitative estimate of drug-likeness (QED) is 0.522. The molecule has 2 aromatic carbocycles. The molecule has 0 unspecified atom stereocenters. The van der Waals surface area contributed by atoms with Crippen LogP contribution in [0, 0.1) is 0 Å². The first-order valence-electron chi connectivity index (χ1n) is 9.18. The van der Waals surface area contributed by atoms with Gasteiger partial charge in [-0.3, -0.25) is 4.79 Å². The molecule has 0 aliphatic rings. The third-order valence-corrected chi connectivity index (χ3v) is 4.84. The number of benzene rings is 2. The van der Waals surface area contributed by atoms with Crippen LogP contribution < -0.4 is 19.8 Å². The SMILES string of the molecule is COc1cc(-c2cc(O)c(-c3ccc4ccccc4n3)c(=O)[nH]2)cc(OC)c1OC. The minimum Gasteiger partial charge on any atom is -0.507 e. The molecule has 4 aromatic rings. The third kappa shape index (κ3) is 3.30. The van der Waals surface area contributed by atoms with Crippen molar-refractivity contribution in [2.24, 2.45) is 0 Å². The number of rotatable bonds is 5. The lowest BCUT2D eigenvalue weighted by Gasteiger charge is -2.14. The number of para-hydroxylation sites is 1. The van der Waals surface area contributed by atoms with E-state index in [1.807, 2.05) is 30.3 Å². The molecular weight excluding hydrogens is 384 g/mol. The molecule has 0 aliphatic carbocycles. The van der Waals surface area contributed by atoms with Gasteiger partial charge < -0.3 is 24.3 Å². The number of pyridine rings is 2. The minimum atomic E-state index is -0.457. The van der Waals surface area contributed by atoms with Crippen molar-refractivity contribution in [3.63, 3.8) is 0 Å². The van der Waals surface area contributed by atoms with E-state index in [0.717, 1.165) is 10.9 Å². The second-order valence-electron chi connectivity index (χ2n) is 6.58. The number of ether oxygens (including phenoxy) is 3. The van der Waals surface area contributed by atoms with Crippen LogP contribution in [0.1, 0.15) is 0 Å². The van der Waals surface area contributed by atoms with Crippen molar-refractivity contribution in [2.75, 3.05) is 21.3 Å². The number of H-pyrrole nitrogens is 1. The van der Waals surface area contributed by atoms with Crippen LogP contribution in [0.25, 0.3) is 33.4 Å². The molecule has 2 N–H and O–H groups in total. The van der Waals surface area contributed by atoms with Crippen LogP contribution in [0.2, 0.25) is 0 Å². The average molecular weight is 404 g/mol. The lowest BCUT2D eigenvalue weighted by atomic mass is 10.1. The van der Waals surface area contributed by atoms with E-state index in [4.69, 9.17) is 14.2 Å². The molecule has 152 valence electrons. The molecule has 0 spiro atoms. The third-order valence-electron chi connectivity index (χ3n) is 4.84. The molecule has 2 heterocycles. The first-order chi connectivity index (χ1) is 14.5. The number of hydrogen-bond acceptors (Lipinski definition) is 6. The average Bonchev–Trinajstić information content (AvgIpc) is 2.77. The number of hydrogen-bond donors (Lipinski definition) is 2. The summed E-state index contributed by atoms with van der Waals surface area (Å²) < 4.78 is 16.1. The first kappa shape index (κ1) is 19.3. The van der Waals surface area contributed by atoms with E-state index >= 15 is 0 Å². The summed E-state index contributed by atoms with van der Waals surface area (Å²) >= 11 is 0. The molecule has 30 heavy (non-hydrogen) atoms. The Kier molecular flexibility index (Phi) is 5.02. The van der Waals surface area contributed by atoms with Gasteiger partial charge in [-0.15, -0.1) is 0 Å². The van der Waals surface area contributed by atoms with Gasteiger partial charge in [0.15, 0.2) is 11.5 Å². The summed E-state index contributed by atoms with van der Waals surface area (Å²) in [7, 11) is 4.53. The molecule has 0 saturated heterocycles. The normalized spacial score (nSPS) is 10.8. The highest BCUT2D eigenvalue weighted by atomic mass is 16.5. The highest BCUT2D eigenvalue weighted by molar-refractivity contribution is 5.82. The van der Waals surface area contributed by atoms with Gasteiger partial charge in [-0.05, 0) is 24.3 Å². The largest absolute Gasteiger partial charge is 0.507 e. The van der Waals surface area contributed by atoms with E-state index in [-0.39, 0.29) is 11.3 Å². The molecule has 0 saturated carbocycles. The summed E-state index contributed by atoms with van der Waals surface area (Å²) in [6.07, 6.45) is 0.